The zero-order chi connectivity index (χ0) is 39.6. The van der Waals surface area contributed by atoms with E-state index >= 15 is 0 Å². The molecule has 0 aromatic carbocycles. The van der Waals surface area contributed by atoms with E-state index in [1.165, 1.54) is 203 Å². The van der Waals surface area contributed by atoms with Gasteiger partial charge in [-0.15, -0.1) is 0 Å². The molecule has 0 fully saturated rings. The van der Waals surface area contributed by atoms with E-state index in [0.717, 1.165) is 50.4 Å². The summed E-state index contributed by atoms with van der Waals surface area (Å²) in [4.78, 5) is 21.4. The fourth-order valence-corrected chi connectivity index (χ4v) is 10.2. The Morgan fingerprint density at radius 1 is 0.389 bits per heavy atom. The Hall–Kier alpha value is -0.400. The third-order valence-corrected chi connectivity index (χ3v) is 13.9. The second-order valence-corrected chi connectivity index (χ2v) is 19.0. The molecule has 0 aliphatic rings. The predicted octanol–water partition coefficient (Wildman–Crippen LogP) is 15.3. The molecule has 0 amide bonds. The van der Waals surface area contributed by atoms with Gasteiger partial charge in [-0.1, -0.05) is 168 Å². The van der Waals surface area contributed by atoms with Crippen LogP contribution in [0.5, 0.6) is 0 Å². The maximum atomic E-state index is 10.7. The standard InChI is InChI=1S/C47H92O5S2/c1-3-5-7-29-39-53-41-43(31-21-15-11-9-13-17-27-37-46(49)50)33-23-19-25-35-45(48)36-26-20-24-34-44(42-54-40-30-8-6-4-2)32-22-16-12-10-14-18-28-38-47(51)52/h43-45,48H,3-42H2,1-2H3,(H,49,50)(H,51,52). The zero-order valence-electron chi connectivity index (χ0n) is 36.0. The maximum Gasteiger partial charge on any atom is 0.303 e. The molecule has 0 saturated carbocycles. The first-order valence-electron chi connectivity index (χ1n) is 23.7. The maximum absolute atomic E-state index is 10.7. The minimum absolute atomic E-state index is 0.123. The lowest BCUT2D eigenvalue weighted by atomic mass is 9.94. The largest absolute Gasteiger partial charge is 0.481 e. The summed E-state index contributed by atoms with van der Waals surface area (Å²) >= 11 is 4.38. The van der Waals surface area contributed by atoms with Crippen LogP contribution in [-0.4, -0.2) is 56.4 Å². The van der Waals surface area contributed by atoms with E-state index in [-0.39, 0.29) is 6.10 Å². The number of unbranched alkanes of at least 4 members (excludes halogenated alkanes) is 22. The molecule has 322 valence electrons. The zero-order valence-corrected chi connectivity index (χ0v) is 37.6. The predicted molar refractivity (Wildman–Crippen MR) is 240 cm³/mol. The molecule has 0 aromatic rings. The molecule has 0 bridgehead atoms. The molecule has 2 atom stereocenters. The van der Waals surface area contributed by atoms with Crippen molar-refractivity contribution in [2.24, 2.45) is 11.8 Å². The van der Waals surface area contributed by atoms with Gasteiger partial charge in [-0.05, 0) is 99.1 Å². The smallest absolute Gasteiger partial charge is 0.303 e. The van der Waals surface area contributed by atoms with Crippen molar-refractivity contribution in [3.8, 4) is 0 Å². The monoisotopic (exact) mass is 801 g/mol. The number of aliphatic hydroxyl groups is 1. The van der Waals surface area contributed by atoms with Crippen LogP contribution in [0.15, 0.2) is 0 Å². The fraction of sp³-hybridized carbons (Fsp3) is 0.957. The van der Waals surface area contributed by atoms with E-state index in [0.29, 0.717) is 12.8 Å². The van der Waals surface area contributed by atoms with Gasteiger partial charge in [-0.25, -0.2) is 0 Å². The number of thioether (sulfide) groups is 2. The van der Waals surface area contributed by atoms with Crippen LogP contribution in [0.1, 0.15) is 245 Å². The van der Waals surface area contributed by atoms with Gasteiger partial charge in [0, 0.05) is 12.8 Å². The van der Waals surface area contributed by atoms with Crippen molar-refractivity contribution in [1.29, 1.82) is 0 Å². The van der Waals surface area contributed by atoms with Crippen LogP contribution in [0, 0.1) is 11.8 Å². The Morgan fingerprint density at radius 2 is 0.667 bits per heavy atom. The van der Waals surface area contributed by atoms with E-state index < -0.39 is 11.9 Å². The van der Waals surface area contributed by atoms with Gasteiger partial charge in [0.2, 0.25) is 0 Å². The highest BCUT2D eigenvalue weighted by molar-refractivity contribution is 7.99. The summed E-state index contributed by atoms with van der Waals surface area (Å²) < 4.78 is 0. The minimum atomic E-state index is -0.664. The Bertz CT molecular complexity index is 719. The van der Waals surface area contributed by atoms with Gasteiger partial charge in [-0.3, -0.25) is 9.59 Å². The molecular formula is C47H92O5S2. The molecule has 0 heterocycles. The number of hydrogen-bond donors (Lipinski definition) is 3. The Morgan fingerprint density at radius 3 is 1.00 bits per heavy atom. The van der Waals surface area contributed by atoms with Crippen LogP contribution in [-0.2, 0) is 9.59 Å². The third-order valence-electron chi connectivity index (χ3n) is 11.3. The molecule has 0 rings (SSSR count). The third kappa shape index (κ3) is 42.7. The van der Waals surface area contributed by atoms with Crippen molar-refractivity contribution in [3.05, 3.63) is 0 Å². The average Bonchev–Trinajstić information content (AvgIpc) is 3.14. The van der Waals surface area contributed by atoms with E-state index in [2.05, 4.69) is 37.4 Å². The van der Waals surface area contributed by atoms with E-state index in [1.54, 1.807) is 0 Å². The number of carbonyl (C=O) groups is 2. The van der Waals surface area contributed by atoms with Crippen LogP contribution in [0.2, 0.25) is 0 Å². The Kier molecular flexibility index (Phi) is 43.4. The highest BCUT2D eigenvalue weighted by Crippen LogP contribution is 2.26. The molecular weight excluding hydrogens is 709 g/mol. The molecule has 0 saturated heterocycles. The second-order valence-electron chi connectivity index (χ2n) is 16.7. The number of carboxylic acids is 2. The van der Waals surface area contributed by atoms with E-state index in [4.69, 9.17) is 10.2 Å². The van der Waals surface area contributed by atoms with Crippen molar-refractivity contribution in [1.82, 2.24) is 0 Å². The number of hydrogen-bond acceptors (Lipinski definition) is 5. The highest BCUT2D eigenvalue weighted by atomic mass is 32.2. The molecule has 2 unspecified atom stereocenters. The first-order valence-corrected chi connectivity index (χ1v) is 26.0. The first-order chi connectivity index (χ1) is 26.4. The lowest BCUT2D eigenvalue weighted by Gasteiger charge is -2.18. The van der Waals surface area contributed by atoms with Crippen molar-refractivity contribution in [2.75, 3.05) is 23.0 Å². The summed E-state index contributed by atoms with van der Waals surface area (Å²) in [7, 11) is 0. The summed E-state index contributed by atoms with van der Waals surface area (Å²) in [6.07, 6.45) is 42.7. The summed E-state index contributed by atoms with van der Waals surface area (Å²) in [6, 6.07) is 0. The second kappa shape index (κ2) is 43.7. The highest BCUT2D eigenvalue weighted by Gasteiger charge is 2.12. The Labute approximate surface area is 344 Å². The van der Waals surface area contributed by atoms with Crippen LogP contribution in [0.4, 0.5) is 0 Å². The minimum Gasteiger partial charge on any atom is -0.481 e. The van der Waals surface area contributed by atoms with Crippen LogP contribution in [0.25, 0.3) is 0 Å². The molecule has 0 aliphatic heterocycles. The molecule has 5 nitrogen and oxygen atoms in total. The van der Waals surface area contributed by atoms with Crippen molar-refractivity contribution in [2.45, 2.75) is 251 Å². The van der Waals surface area contributed by atoms with Crippen molar-refractivity contribution < 1.29 is 24.9 Å². The number of rotatable bonds is 46. The summed E-state index contributed by atoms with van der Waals surface area (Å²) in [5, 5.41) is 28.3. The fourth-order valence-electron chi connectivity index (χ4n) is 7.69. The summed E-state index contributed by atoms with van der Waals surface area (Å²) in [5.74, 6) is 5.62. The number of aliphatic hydroxyl groups excluding tert-OH is 1. The topological polar surface area (TPSA) is 94.8 Å². The molecule has 3 N–H and O–H groups in total. The first kappa shape index (κ1) is 53.6. The molecule has 0 aliphatic carbocycles. The molecule has 7 heteroatoms. The number of carboxylic acid groups (broad SMARTS) is 2. The SMILES string of the molecule is CCCCCCSCC(CCCCCCCCCC(=O)O)CCCCCC(O)CCCCCC(CCCCCCCCCC(=O)O)CSCCCCCC. The van der Waals surface area contributed by atoms with Gasteiger partial charge in [0.05, 0.1) is 6.10 Å². The van der Waals surface area contributed by atoms with Crippen LogP contribution in [0.3, 0.4) is 0 Å². The lowest BCUT2D eigenvalue weighted by Crippen LogP contribution is -2.08. The van der Waals surface area contributed by atoms with Gasteiger partial charge in [-0.2, -0.15) is 23.5 Å². The summed E-state index contributed by atoms with van der Waals surface area (Å²) in [6.45, 7) is 4.57. The van der Waals surface area contributed by atoms with Gasteiger partial charge in [0.1, 0.15) is 0 Å². The van der Waals surface area contributed by atoms with Gasteiger partial charge >= 0.3 is 11.9 Å². The molecule has 0 aromatic heterocycles. The Balaban J connectivity index is 4.23. The van der Waals surface area contributed by atoms with Crippen LogP contribution < -0.4 is 0 Å². The number of aliphatic carboxylic acids is 2. The van der Waals surface area contributed by atoms with Gasteiger partial charge < -0.3 is 15.3 Å². The van der Waals surface area contributed by atoms with Gasteiger partial charge in [0.25, 0.3) is 0 Å². The summed E-state index contributed by atoms with van der Waals surface area (Å²) in [5.41, 5.74) is 0. The normalized spacial score (nSPS) is 13.3. The van der Waals surface area contributed by atoms with Crippen LogP contribution >= 0.6 is 23.5 Å². The lowest BCUT2D eigenvalue weighted by molar-refractivity contribution is -0.138. The molecule has 0 spiro atoms. The molecule has 54 heavy (non-hydrogen) atoms. The van der Waals surface area contributed by atoms with Crippen molar-refractivity contribution >= 4 is 35.5 Å². The quantitative estimate of drug-likeness (QED) is 0.0528. The van der Waals surface area contributed by atoms with E-state index in [9.17, 15) is 14.7 Å². The van der Waals surface area contributed by atoms with Crippen molar-refractivity contribution in [3.63, 3.8) is 0 Å². The average molecular weight is 801 g/mol. The molecule has 0 radical (unpaired) electrons. The van der Waals surface area contributed by atoms with E-state index in [1.807, 2.05) is 0 Å². The van der Waals surface area contributed by atoms with Gasteiger partial charge in [0.15, 0.2) is 0 Å².